The van der Waals surface area contributed by atoms with Crippen molar-refractivity contribution in [3.8, 4) is 17.2 Å². The van der Waals surface area contributed by atoms with Crippen molar-refractivity contribution < 1.29 is 23.7 Å². The van der Waals surface area contributed by atoms with Crippen molar-refractivity contribution in [2.75, 3.05) is 27.9 Å². The fraction of sp³-hybridized carbons (Fsp3) is 0.350. The molecule has 5 nitrogen and oxygen atoms in total. The maximum atomic E-state index is 11.9. The van der Waals surface area contributed by atoms with Crippen LogP contribution in [0.4, 0.5) is 0 Å². The molecule has 0 aromatic heterocycles. The zero-order valence-corrected chi connectivity index (χ0v) is 14.9. The number of carbonyl (C=O) groups excluding carboxylic acids is 1. The fourth-order valence-electron chi connectivity index (χ4n) is 2.53. The van der Waals surface area contributed by atoms with Crippen molar-refractivity contribution in [3.63, 3.8) is 0 Å². The quantitative estimate of drug-likeness (QED) is 0.652. The molecule has 0 spiro atoms. The summed E-state index contributed by atoms with van der Waals surface area (Å²) in [6, 6.07) is 13.6. The third-order valence-corrected chi connectivity index (χ3v) is 3.84. The van der Waals surface area contributed by atoms with E-state index in [0.29, 0.717) is 36.7 Å². The Labute approximate surface area is 148 Å². The summed E-state index contributed by atoms with van der Waals surface area (Å²) in [5, 5.41) is 0. The van der Waals surface area contributed by atoms with Crippen LogP contribution in [0.3, 0.4) is 0 Å². The van der Waals surface area contributed by atoms with Gasteiger partial charge in [-0.05, 0) is 29.7 Å². The van der Waals surface area contributed by atoms with Crippen molar-refractivity contribution in [1.82, 2.24) is 0 Å². The van der Waals surface area contributed by atoms with Gasteiger partial charge in [-0.15, -0.1) is 0 Å². The van der Waals surface area contributed by atoms with Gasteiger partial charge in [-0.25, -0.2) is 0 Å². The van der Waals surface area contributed by atoms with Gasteiger partial charge in [0.15, 0.2) is 11.5 Å². The van der Waals surface area contributed by atoms with Crippen LogP contribution in [0.25, 0.3) is 0 Å². The minimum absolute atomic E-state index is 0.218. The largest absolute Gasteiger partial charge is 0.493 e. The van der Waals surface area contributed by atoms with E-state index in [4.69, 9.17) is 18.9 Å². The Hall–Kier alpha value is -2.69. The van der Waals surface area contributed by atoms with E-state index < -0.39 is 0 Å². The molecule has 0 aliphatic rings. The number of carbonyl (C=O) groups is 1. The Morgan fingerprint density at radius 1 is 0.840 bits per heavy atom. The number of aryl methyl sites for hydroxylation is 1. The van der Waals surface area contributed by atoms with Gasteiger partial charge in [0.2, 0.25) is 5.75 Å². The first-order valence-corrected chi connectivity index (χ1v) is 8.16. The lowest BCUT2D eigenvalue weighted by atomic mass is 10.1. The number of methoxy groups -OCH3 is 3. The maximum Gasteiger partial charge on any atom is 0.306 e. The molecule has 0 N–H and O–H groups in total. The minimum Gasteiger partial charge on any atom is -0.493 e. The average molecular weight is 344 g/mol. The summed E-state index contributed by atoms with van der Waals surface area (Å²) in [7, 11) is 4.70. The topological polar surface area (TPSA) is 54.0 Å². The molecule has 0 radical (unpaired) electrons. The first-order chi connectivity index (χ1) is 12.2. The summed E-state index contributed by atoms with van der Waals surface area (Å²) in [5.41, 5.74) is 2.08. The number of hydrogen-bond donors (Lipinski definition) is 0. The van der Waals surface area contributed by atoms with Gasteiger partial charge in [-0.3, -0.25) is 4.79 Å². The Morgan fingerprint density at radius 3 is 2.04 bits per heavy atom. The van der Waals surface area contributed by atoms with Crippen LogP contribution in [0.5, 0.6) is 17.2 Å². The average Bonchev–Trinajstić information content (AvgIpc) is 2.66. The molecule has 0 amide bonds. The molecule has 2 aromatic rings. The summed E-state index contributed by atoms with van der Waals surface area (Å²) in [6.45, 7) is 0.387. The van der Waals surface area contributed by atoms with Crippen LogP contribution in [-0.2, 0) is 22.4 Å². The molecule has 134 valence electrons. The highest BCUT2D eigenvalue weighted by atomic mass is 16.5. The lowest BCUT2D eigenvalue weighted by Gasteiger charge is -2.14. The van der Waals surface area contributed by atoms with E-state index in [2.05, 4.69) is 0 Å². The highest BCUT2D eigenvalue weighted by molar-refractivity contribution is 5.70. The van der Waals surface area contributed by atoms with Crippen LogP contribution in [0.2, 0.25) is 0 Å². The molecule has 2 rings (SSSR count). The van der Waals surface area contributed by atoms with Gasteiger partial charge < -0.3 is 18.9 Å². The van der Waals surface area contributed by atoms with E-state index in [1.165, 1.54) is 0 Å². The first kappa shape index (κ1) is 18.6. The zero-order chi connectivity index (χ0) is 18.1. The second-order valence-corrected chi connectivity index (χ2v) is 5.49. The number of ether oxygens (including phenoxy) is 4. The Kier molecular flexibility index (Phi) is 7.14. The second-order valence-electron chi connectivity index (χ2n) is 5.49. The minimum atomic E-state index is -0.218. The van der Waals surface area contributed by atoms with Crippen LogP contribution in [0.1, 0.15) is 17.5 Å². The van der Waals surface area contributed by atoms with E-state index in [-0.39, 0.29) is 5.97 Å². The molecular formula is C20H24O5. The molecule has 0 saturated carbocycles. The van der Waals surface area contributed by atoms with Gasteiger partial charge in [0.25, 0.3) is 0 Å². The summed E-state index contributed by atoms with van der Waals surface area (Å²) in [5.74, 6) is 1.48. The van der Waals surface area contributed by atoms with E-state index >= 15 is 0 Å². The van der Waals surface area contributed by atoms with Gasteiger partial charge in [-0.1, -0.05) is 30.3 Å². The third kappa shape index (κ3) is 5.41. The molecule has 0 saturated heterocycles. The first-order valence-electron chi connectivity index (χ1n) is 8.16. The fourth-order valence-corrected chi connectivity index (χ4v) is 2.53. The molecular weight excluding hydrogens is 320 g/mol. The van der Waals surface area contributed by atoms with Gasteiger partial charge in [-0.2, -0.15) is 0 Å². The summed E-state index contributed by atoms with van der Waals surface area (Å²) >= 11 is 0. The lowest BCUT2D eigenvalue weighted by molar-refractivity contribution is -0.143. The van der Waals surface area contributed by atoms with Crippen molar-refractivity contribution in [3.05, 3.63) is 53.6 Å². The van der Waals surface area contributed by atoms with Crippen molar-refractivity contribution in [2.24, 2.45) is 0 Å². The molecule has 0 unspecified atom stereocenters. The normalized spacial score (nSPS) is 10.2. The smallest absolute Gasteiger partial charge is 0.306 e. The number of hydrogen-bond acceptors (Lipinski definition) is 5. The number of benzene rings is 2. The summed E-state index contributed by atoms with van der Waals surface area (Å²) in [4.78, 5) is 11.9. The standard InChI is InChI=1S/C20H24O5/c1-22-17-13-16(14-18(23-2)20(17)24-3)9-10-19(21)25-12-11-15-7-5-4-6-8-15/h4-8,13-14H,9-12H2,1-3H3. The Morgan fingerprint density at radius 2 is 1.48 bits per heavy atom. The number of esters is 1. The Bertz CT molecular complexity index is 657. The van der Waals surface area contributed by atoms with Gasteiger partial charge in [0.1, 0.15) is 0 Å². The second kappa shape index (κ2) is 9.57. The molecule has 0 heterocycles. The molecule has 0 atom stereocenters. The van der Waals surface area contributed by atoms with Crippen LogP contribution >= 0.6 is 0 Å². The molecule has 0 bridgehead atoms. The van der Waals surface area contributed by atoms with Crippen LogP contribution in [0, 0.1) is 0 Å². The Balaban J connectivity index is 1.86. The molecule has 0 aliphatic carbocycles. The van der Waals surface area contributed by atoms with E-state index in [9.17, 15) is 4.79 Å². The number of rotatable bonds is 9. The van der Waals surface area contributed by atoms with Crippen molar-refractivity contribution in [1.29, 1.82) is 0 Å². The SMILES string of the molecule is COc1cc(CCC(=O)OCCc2ccccc2)cc(OC)c1OC. The molecule has 5 heteroatoms. The summed E-state index contributed by atoms with van der Waals surface area (Å²) in [6.07, 6.45) is 1.56. The van der Waals surface area contributed by atoms with E-state index in [0.717, 1.165) is 17.5 Å². The predicted octanol–water partition coefficient (Wildman–Crippen LogP) is 3.43. The van der Waals surface area contributed by atoms with Gasteiger partial charge >= 0.3 is 5.97 Å². The molecule has 0 fully saturated rings. The highest BCUT2D eigenvalue weighted by Gasteiger charge is 2.14. The van der Waals surface area contributed by atoms with E-state index in [1.54, 1.807) is 21.3 Å². The highest BCUT2D eigenvalue weighted by Crippen LogP contribution is 2.38. The zero-order valence-electron chi connectivity index (χ0n) is 14.9. The molecule has 25 heavy (non-hydrogen) atoms. The van der Waals surface area contributed by atoms with Crippen LogP contribution in [0.15, 0.2) is 42.5 Å². The monoisotopic (exact) mass is 344 g/mol. The molecule has 2 aromatic carbocycles. The third-order valence-electron chi connectivity index (χ3n) is 3.84. The van der Waals surface area contributed by atoms with Gasteiger partial charge in [0, 0.05) is 12.8 Å². The lowest BCUT2D eigenvalue weighted by Crippen LogP contribution is -2.09. The maximum absolute atomic E-state index is 11.9. The van der Waals surface area contributed by atoms with Crippen molar-refractivity contribution in [2.45, 2.75) is 19.3 Å². The predicted molar refractivity (Wildman–Crippen MR) is 95.5 cm³/mol. The van der Waals surface area contributed by atoms with Crippen LogP contribution < -0.4 is 14.2 Å². The summed E-state index contributed by atoms with van der Waals surface area (Å²) < 4.78 is 21.2. The van der Waals surface area contributed by atoms with Crippen molar-refractivity contribution >= 4 is 5.97 Å². The molecule has 0 aliphatic heterocycles. The van der Waals surface area contributed by atoms with Crippen LogP contribution in [-0.4, -0.2) is 33.9 Å². The van der Waals surface area contributed by atoms with E-state index in [1.807, 2.05) is 42.5 Å². The van der Waals surface area contributed by atoms with Gasteiger partial charge in [0.05, 0.1) is 27.9 Å².